The maximum Gasteiger partial charge on any atom is 0.0831 e. The van der Waals surface area contributed by atoms with Gasteiger partial charge in [-0.25, -0.2) is 0 Å². The van der Waals surface area contributed by atoms with Gasteiger partial charge >= 0.3 is 0 Å². The Bertz CT molecular complexity index is 337. The van der Waals surface area contributed by atoms with Crippen molar-refractivity contribution in [3.8, 4) is 0 Å². The van der Waals surface area contributed by atoms with E-state index in [1.54, 1.807) is 0 Å². The van der Waals surface area contributed by atoms with Gasteiger partial charge in [0.25, 0.3) is 0 Å². The fraction of sp³-hybridized carbons (Fsp3) is 0.647. The second kappa shape index (κ2) is 10.7. The Morgan fingerprint density at radius 2 is 1.76 bits per heavy atom. The Labute approximate surface area is 127 Å². The molecular formula is C17H26O4. The van der Waals surface area contributed by atoms with Gasteiger partial charge in [0, 0.05) is 19.8 Å². The molecule has 21 heavy (non-hydrogen) atoms. The van der Waals surface area contributed by atoms with Gasteiger partial charge in [-0.15, -0.1) is 0 Å². The van der Waals surface area contributed by atoms with Crippen molar-refractivity contribution in [1.29, 1.82) is 0 Å². The first-order valence-corrected chi connectivity index (χ1v) is 7.84. The monoisotopic (exact) mass is 294 g/mol. The summed E-state index contributed by atoms with van der Waals surface area (Å²) in [6.45, 7) is 5.52. The summed E-state index contributed by atoms with van der Waals surface area (Å²) < 4.78 is 21.3. The molecule has 2 saturated heterocycles. The molecule has 0 saturated carbocycles. The van der Waals surface area contributed by atoms with Gasteiger partial charge in [-0.05, 0) is 24.8 Å². The molecule has 0 radical (unpaired) electrons. The fourth-order valence-electron chi connectivity index (χ4n) is 2.19. The van der Waals surface area contributed by atoms with Gasteiger partial charge < -0.3 is 18.9 Å². The highest BCUT2D eigenvalue weighted by molar-refractivity contribution is 5.13. The summed E-state index contributed by atoms with van der Waals surface area (Å²) in [4.78, 5) is 0. The molecule has 4 heteroatoms. The second-order valence-electron chi connectivity index (χ2n) is 5.21. The van der Waals surface area contributed by atoms with E-state index >= 15 is 0 Å². The maximum absolute atomic E-state index is 5.59. The molecule has 0 aromatic heterocycles. The van der Waals surface area contributed by atoms with Crippen molar-refractivity contribution >= 4 is 0 Å². The molecule has 4 nitrogen and oxygen atoms in total. The van der Waals surface area contributed by atoms with Crippen LogP contribution in [0.2, 0.25) is 0 Å². The van der Waals surface area contributed by atoms with Crippen molar-refractivity contribution in [2.24, 2.45) is 0 Å². The molecule has 0 N–H and O–H groups in total. The third-order valence-electron chi connectivity index (χ3n) is 3.41. The lowest BCUT2D eigenvalue weighted by Gasteiger charge is -2.09. The minimum atomic E-state index is 0.278. The zero-order valence-electron chi connectivity index (χ0n) is 12.7. The third-order valence-corrected chi connectivity index (χ3v) is 3.41. The van der Waals surface area contributed by atoms with Gasteiger partial charge in [0.15, 0.2) is 0 Å². The van der Waals surface area contributed by atoms with Crippen molar-refractivity contribution < 1.29 is 18.9 Å². The van der Waals surface area contributed by atoms with Crippen LogP contribution in [0.1, 0.15) is 24.8 Å². The Kier molecular flexibility index (Phi) is 8.40. The van der Waals surface area contributed by atoms with Crippen LogP contribution in [0, 0.1) is 0 Å². The summed E-state index contributed by atoms with van der Waals surface area (Å²) in [6, 6.07) is 10.2. The quantitative estimate of drug-likeness (QED) is 0.756. The van der Waals surface area contributed by atoms with Crippen molar-refractivity contribution in [3.05, 3.63) is 35.9 Å². The number of benzene rings is 1. The zero-order chi connectivity index (χ0) is 14.6. The van der Waals surface area contributed by atoms with Crippen molar-refractivity contribution in [2.75, 3.05) is 39.6 Å². The smallest absolute Gasteiger partial charge is 0.0831 e. The van der Waals surface area contributed by atoms with E-state index in [2.05, 4.69) is 12.1 Å². The zero-order valence-corrected chi connectivity index (χ0v) is 12.7. The number of ether oxygens (including phenoxy) is 4. The molecule has 3 rings (SSSR count). The van der Waals surface area contributed by atoms with E-state index in [-0.39, 0.29) is 6.10 Å². The minimum absolute atomic E-state index is 0.278. The number of rotatable bonds is 6. The average Bonchev–Trinajstić information content (AvgIpc) is 3.24. The van der Waals surface area contributed by atoms with Gasteiger partial charge in [-0.3, -0.25) is 0 Å². The molecule has 2 aliphatic rings. The first-order valence-electron chi connectivity index (χ1n) is 7.84. The predicted octanol–water partition coefficient (Wildman–Crippen LogP) is 2.81. The van der Waals surface area contributed by atoms with Crippen LogP contribution >= 0.6 is 0 Å². The predicted molar refractivity (Wildman–Crippen MR) is 81.3 cm³/mol. The Balaban J connectivity index is 0.000000272. The molecule has 0 spiro atoms. The SMILES string of the molecule is C1CCOC1.c1ccc(COCCOC2CCOC2)cc1. The lowest BCUT2D eigenvalue weighted by molar-refractivity contribution is -0.00292. The van der Waals surface area contributed by atoms with Crippen molar-refractivity contribution in [1.82, 2.24) is 0 Å². The third kappa shape index (κ3) is 7.58. The van der Waals surface area contributed by atoms with Crippen LogP contribution in [0.3, 0.4) is 0 Å². The minimum Gasteiger partial charge on any atom is -0.381 e. The van der Waals surface area contributed by atoms with E-state index < -0.39 is 0 Å². The van der Waals surface area contributed by atoms with E-state index in [1.807, 2.05) is 18.2 Å². The Morgan fingerprint density at radius 1 is 0.952 bits per heavy atom. The van der Waals surface area contributed by atoms with E-state index in [0.717, 1.165) is 32.8 Å². The standard InChI is InChI=1S/C13H18O3.C4H8O/c1-2-4-12(5-3-1)10-15-8-9-16-13-6-7-14-11-13;1-2-4-5-3-1/h1-5,13H,6-11H2;1-4H2. The van der Waals surface area contributed by atoms with Crippen LogP contribution in [0.25, 0.3) is 0 Å². The Hall–Kier alpha value is -0.940. The molecule has 0 bridgehead atoms. The summed E-state index contributed by atoms with van der Waals surface area (Å²) in [5.74, 6) is 0. The lowest BCUT2D eigenvalue weighted by atomic mass is 10.2. The van der Waals surface area contributed by atoms with E-state index in [4.69, 9.17) is 18.9 Å². The topological polar surface area (TPSA) is 36.9 Å². The van der Waals surface area contributed by atoms with Gasteiger partial charge in [-0.1, -0.05) is 30.3 Å². The molecule has 1 unspecified atom stereocenters. The first kappa shape index (κ1) is 16.4. The van der Waals surface area contributed by atoms with E-state index in [9.17, 15) is 0 Å². The molecule has 118 valence electrons. The van der Waals surface area contributed by atoms with Crippen LogP contribution in [-0.4, -0.2) is 45.7 Å². The van der Waals surface area contributed by atoms with E-state index in [1.165, 1.54) is 18.4 Å². The molecule has 1 aromatic rings. The van der Waals surface area contributed by atoms with Gasteiger partial charge in [0.05, 0.1) is 32.5 Å². The lowest BCUT2D eigenvalue weighted by Crippen LogP contribution is -2.15. The summed E-state index contributed by atoms with van der Waals surface area (Å²) in [5.41, 5.74) is 1.20. The molecule has 2 heterocycles. The van der Waals surface area contributed by atoms with Gasteiger partial charge in [-0.2, -0.15) is 0 Å². The highest BCUT2D eigenvalue weighted by atomic mass is 16.6. The largest absolute Gasteiger partial charge is 0.381 e. The fourth-order valence-corrected chi connectivity index (χ4v) is 2.19. The first-order chi connectivity index (χ1) is 10.4. The molecule has 1 atom stereocenters. The van der Waals surface area contributed by atoms with Gasteiger partial charge in [0.2, 0.25) is 0 Å². The molecule has 0 aliphatic carbocycles. The molecule has 1 aromatic carbocycles. The number of hydrogen-bond acceptors (Lipinski definition) is 4. The van der Waals surface area contributed by atoms with Crippen LogP contribution in [0.15, 0.2) is 30.3 Å². The average molecular weight is 294 g/mol. The summed E-state index contributed by atoms with van der Waals surface area (Å²) in [5, 5.41) is 0. The van der Waals surface area contributed by atoms with Crippen LogP contribution in [0.4, 0.5) is 0 Å². The molecule has 0 amide bonds. The summed E-state index contributed by atoms with van der Waals surface area (Å²) in [7, 11) is 0. The maximum atomic E-state index is 5.59. The Morgan fingerprint density at radius 3 is 2.38 bits per heavy atom. The molecule has 2 fully saturated rings. The summed E-state index contributed by atoms with van der Waals surface area (Å²) >= 11 is 0. The van der Waals surface area contributed by atoms with Crippen LogP contribution in [0.5, 0.6) is 0 Å². The van der Waals surface area contributed by atoms with Gasteiger partial charge in [0.1, 0.15) is 0 Å². The van der Waals surface area contributed by atoms with Crippen LogP contribution < -0.4 is 0 Å². The normalized spacial score (nSPS) is 21.0. The highest BCUT2D eigenvalue weighted by Crippen LogP contribution is 2.07. The van der Waals surface area contributed by atoms with Crippen molar-refractivity contribution in [2.45, 2.75) is 32.0 Å². The second-order valence-corrected chi connectivity index (χ2v) is 5.21. The highest BCUT2D eigenvalue weighted by Gasteiger charge is 2.15. The van der Waals surface area contributed by atoms with Crippen LogP contribution in [-0.2, 0) is 25.6 Å². The summed E-state index contributed by atoms with van der Waals surface area (Å²) in [6.07, 6.45) is 3.85. The van der Waals surface area contributed by atoms with Crippen molar-refractivity contribution in [3.63, 3.8) is 0 Å². The molecular weight excluding hydrogens is 268 g/mol. The van der Waals surface area contributed by atoms with E-state index in [0.29, 0.717) is 19.8 Å². The number of hydrogen-bond donors (Lipinski definition) is 0. The molecule has 2 aliphatic heterocycles.